The second kappa shape index (κ2) is 9.34. The highest BCUT2D eigenvalue weighted by molar-refractivity contribution is 6.35. The lowest BCUT2D eigenvalue weighted by Crippen LogP contribution is -2.44. The number of hydrogen-bond acceptors (Lipinski definition) is 6. The van der Waals surface area contributed by atoms with Gasteiger partial charge in [0.25, 0.3) is 0 Å². The highest BCUT2D eigenvalue weighted by Gasteiger charge is 2.24. The average molecular weight is 406 g/mol. The number of H-pyrrole nitrogens is 1. The SMILES string of the molecule is C=CC(=O)N1CCCC(Nc2nc(CCN(CC)CC)nc3[nH]nc(Cl)c23)C1. The second-order valence-electron chi connectivity index (χ2n) is 6.98. The summed E-state index contributed by atoms with van der Waals surface area (Å²) >= 11 is 6.27. The van der Waals surface area contributed by atoms with Crippen LogP contribution in [0.3, 0.4) is 0 Å². The molecule has 1 saturated heterocycles. The van der Waals surface area contributed by atoms with E-state index >= 15 is 0 Å². The van der Waals surface area contributed by atoms with Gasteiger partial charge >= 0.3 is 0 Å². The quantitative estimate of drug-likeness (QED) is 0.656. The summed E-state index contributed by atoms with van der Waals surface area (Å²) in [6.45, 7) is 12.1. The molecule has 0 radical (unpaired) electrons. The van der Waals surface area contributed by atoms with Crippen LogP contribution in [0.2, 0.25) is 5.15 Å². The molecule has 0 bridgehead atoms. The molecule has 1 aliphatic rings. The first kappa shape index (κ1) is 20.5. The normalized spacial score (nSPS) is 17.3. The smallest absolute Gasteiger partial charge is 0.246 e. The highest BCUT2D eigenvalue weighted by atomic mass is 35.5. The van der Waals surface area contributed by atoms with Crippen molar-refractivity contribution < 1.29 is 4.79 Å². The molecule has 1 aliphatic heterocycles. The number of likely N-dealkylation sites (tertiary alicyclic amines) is 1. The molecule has 3 heterocycles. The van der Waals surface area contributed by atoms with Crippen molar-refractivity contribution in [2.45, 2.75) is 39.2 Å². The minimum atomic E-state index is -0.0411. The number of hydrogen-bond donors (Lipinski definition) is 2. The number of aromatic amines is 1. The van der Waals surface area contributed by atoms with Crippen molar-refractivity contribution in [3.05, 3.63) is 23.6 Å². The number of aromatic nitrogens is 4. The predicted molar refractivity (Wildman–Crippen MR) is 112 cm³/mol. The minimum Gasteiger partial charge on any atom is -0.365 e. The zero-order valence-electron chi connectivity index (χ0n) is 16.5. The topological polar surface area (TPSA) is 90.0 Å². The maximum atomic E-state index is 12.0. The van der Waals surface area contributed by atoms with Crippen LogP contribution in [-0.2, 0) is 11.2 Å². The van der Waals surface area contributed by atoms with Gasteiger partial charge in [-0.05, 0) is 32.0 Å². The second-order valence-corrected chi connectivity index (χ2v) is 7.33. The molecule has 2 aromatic rings. The Kier molecular flexibility index (Phi) is 6.85. The van der Waals surface area contributed by atoms with Crippen LogP contribution in [0.25, 0.3) is 11.0 Å². The summed E-state index contributed by atoms with van der Waals surface area (Å²) in [6, 6.07) is 0.0948. The molecule has 0 saturated carbocycles. The van der Waals surface area contributed by atoms with Crippen molar-refractivity contribution in [3.8, 4) is 0 Å². The monoisotopic (exact) mass is 405 g/mol. The van der Waals surface area contributed by atoms with Gasteiger partial charge in [0.05, 0.1) is 0 Å². The van der Waals surface area contributed by atoms with E-state index in [1.54, 1.807) is 0 Å². The molecule has 28 heavy (non-hydrogen) atoms. The molecule has 1 fully saturated rings. The molecule has 0 spiro atoms. The van der Waals surface area contributed by atoms with E-state index in [1.165, 1.54) is 6.08 Å². The Balaban J connectivity index is 1.81. The highest BCUT2D eigenvalue weighted by Crippen LogP contribution is 2.27. The largest absolute Gasteiger partial charge is 0.365 e. The molecule has 2 N–H and O–H groups in total. The molecular weight excluding hydrogens is 378 g/mol. The number of nitrogens with zero attached hydrogens (tertiary/aromatic N) is 5. The molecule has 152 valence electrons. The van der Waals surface area contributed by atoms with Crippen molar-refractivity contribution in [1.82, 2.24) is 30.0 Å². The Bertz CT molecular complexity index is 833. The summed E-state index contributed by atoms with van der Waals surface area (Å²) in [7, 11) is 0. The van der Waals surface area contributed by atoms with Crippen molar-refractivity contribution in [2.75, 3.05) is 38.0 Å². The third kappa shape index (κ3) is 4.62. The Morgan fingerprint density at radius 3 is 2.93 bits per heavy atom. The summed E-state index contributed by atoms with van der Waals surface area (Å²) < 4.78 is 0. The molecule has 1 atom stereocenters. The van der Waals surface area contributed by atoms with Crippen LogP contribution in [0.1, 0.15) is 32.5 Å². The standard InChI is InChI=1S/C19H28ClN7O/c1-4-15(28)27-10-7-8-13(12-27)21-18-16-17(20)24-25-19(16)23-14(22-18)9-11-26(5-2)6-3/h4,13H,1,5-12H2,2-3H3,(H2,21,22,23,24,25). The number of fused-ring (bicyclic) bond motifs is 1. The van der Waals surface area contributed by atoms with E-state index in [-0.39, 0.29) is 11.9 Å². The molecule has 0 aliphatic carbocycles. The van der Waals surface area contributed by atoms with Crippen LogP contribution in [0.15, 0.2) is 12.7 Å². The van der Waals surface area contributed by atoms with Crippen molar-refractivity contribution in [2.24, 2.45) is 0 Å². The lowest BCUT2D eigenvalue weighted by atomic mass is 10.1. The van der Waals surface area contributed by atoms with E-state index in [1.807, 2.05) is 4.90 Å². The van der Waals surface area contributed by atoms with Crippen molar-refractivity contribution in [1.29, 1.82) is 0 Å². The number of carbonyl (C=O) groups excluding carboxylic acids is 1. The average Bonchev–Trinajstić information content (AvgIpc) is 3.09. The zero-order chi connectivity index (χ0) is 20.1. The first-order valence-corrected chi connectivity index (χ1v) is 10.2. The van der Waals surface area contributed by atoms with E-state index in [0.717, 1.165) is 51.3 Å². The van der Waals surface area contributed by atoms with E-state index in [2.05, 4.69) is 45.8 Å². The fourth-order valence-electron chi connectivity index (χ4n) is 3.57. The predicted octanol–water partition coefficient (Wildman–Crippen LogP) is 2.48. The van der Waals surface area contributed by atoms with Crippen LogP contribution in [0.5, 0.6) is 0 Å². The van der Waals surface area contributed by atoms with Crippen LogP contribution in [0, 0.1) is 0 Å². The number of carbonyl (C=O) groups is 1. The van der Waals surface area contributed by atoms with Gasteiger partial charge in [0.1, 0.15) is 17.0 Å². The van der Waals surface area contributed by atoms with Gasteiger partial charge < -0.3 is 15.1 Å². The Hall–Kier alpha value is -2.19. The van der Waals surface area contributed by atoms with Gasteiger partial charge in [-0.2, -0.15) is 5.10 Å². The molecule has 0 aromatic carbocycles. The summed E-state index contributed by atoms with van der Waals surface area (Å²) in [4.78, 5) is 25.4. The van der Waals surface area contributed by atoms with Gasteiger partial charge in [0.15, 0.2) is 10.8 Å². The maximum absolute atomic E-state index is 12.0. The van der Waals surface area contributed by atoms with Gasteiger partial charge in [0, 0.05) is 32.1 Å². The molecule has 1 unspecified atom stereocenters. The molecule has 8 nitrogen and oxygen atoms in total. The summed E-state index contributed by atoms with van der Waals surface area (Å²) in [5, 5.41) is 11.5. The summed E-state index contributed by atoms with van der Waals surface area (Å²) in [6.07, 6.45) is 3.99. The van der Waals surface area contributed by atoms with Gasteiger partial charge in [-0.15, -0.1) is 0 Å². The van der Waals surface area contributed by atoms with Gasteiger partial charge in [0.2, 0.25) is 5.91 Å². The Morgan fingerprint density at radius 2 is 2.21 bits per heavy atom. The number of rotatable bonds is 8. The number of nitrogens with one attached hydrogen (secondary N) is 2. The zero-order valence-corrected chi connectivity index (χ0v) is 17.3. The third-order valence-electron chi connectivity index (χ3n) is 5.22. The fraction of sp³-hybridized carbons (Fsp3) is 0.579. The fourth-order valence-corrected chi connectivity index (χ4v) is 3.79. The molecule has 2 aromatic heterocycles. The number of piperidine rings is 1. The Labute approximate surface area is 170 Å². The number of likely N-dealkylation sites (N-methyl/N-ethyl adjacent to an activating group) is 1. The number of amides is 1. The van der Waals surface area contributed by atoms with E-state index < -0.39 is 0 Å². The van der Waals surface area contributed by atoms with Crippen molar-refractivity contribution >= 4 is 34.4 Å². The van der Waals surface area contributed by atoms with Gasteiger partial charge in [-0.1, -0.05) is 32.0 Å². The van der Waals surface area contributed by atoms with E-state index in [9.17, 15) is 4.79 Å². The molecule has 9 heteroatoms. The number of halogens is 1. The first-order chi connectivity index (χ1) is 13.5. The molecule has 1 amide bonds. The van der Waals surface area contributed by atoms with Gasteiger partial charge in [-0.3, -0.25) is 9.89 Å². The Morgan fingerprint density at radius 1 is 1.43 bits per heavy atom. The lowest BCUT2D eigenvalue weighted by molar-refractivity contribution is -0.127. The molecule has 3 rings (SSSR count). The molecular formula is C19H28ClN7O. The van der Waals surface area contributed by atoms with E-state index in [4.69, 9.17) is 16.6 Å². The van der Waals surface area contributed by atoms with Gasteiger partial charge in [-0.25, -0.2) is 9.97 Å². The van der Waals surface area contributed by atoms with Crippen LogP contribution in [0.4, 0.5) is 5.82 Å². The maximum Gasteiger partial charge on any atom is 0.246 e. The first-order valence-electron chi connectivity index (χ1n) is 9.86. The van der Waals surface area contributed by atoms with Crippen molar-refractivity contribution in [3.63, 3.8) is 0 Å². The number of anilines is 1. The van der Waals surface area contributed by atoms with Crippen LogP contribution in [-0.4, -0.2) is 74.6 Å². The van der Waals surface area contributed by atoms with Crippen LogP contribution < -0.4 is 5.32 Å². The third-order valence-corrected chi connectivity index (χ3v) is 5.49. The summed E-state index contributed by atoms with van der Waals surface area (Å²) in [5.74, 6) is 1.38. The van der Waals surface area contributed by atoms with E-state index in [0.29, 0.717) is 28.5 Å². The van der Waals surface area contributed by atoms with Crippen LogP contribution >= 0.6 is 11.6 Å². The lowest BCUT2D eigenvalue weighted by Gasteiger charge is -2.33. The summed E-state index contributed by atoms with van der Waals surface area (Å²) in [5.41, 5.74) is 0.631. The minimum absolute atomic E-state index is 0.0411.